The number of rotatable bonds is 1. The zero-order chi connectivity index (χ0) is 9.97. The predicted molar refractivity (Wildman–Crippen MR) is 49.6 cm³/mol. The number of nitriles is 1. The standard InChI is InChI=1S/C9H10N4O/c10-3-7-4-11-6-12-9(7)13-2-1-8(14)5-13/h4,6,8,14H,1-2,5H2/t8-/m0/s1. The summed E-state index contributed by atoms with van der Waals surface area (Å²) in [5.74, 6) is 0.624. The van der Waals surface area contributed by atoms with E-state index in [4.69, 9.17) is 5.26 Å². The van der Waals surface area contributed by atoms with E-state index in [1.54, 1.807) is 0 Å². The first-order valence-electron chi connectivity index (χ1n) is 4.44. The van der Waals surface area contributed by atoms with Gasteiger partial charge in [-0.2, -0.15) is 5.26 Å². The Bertz CT molecular complexity index is 373. The molecule has 1 saturated heterocycles. The molecule has 1 aromatic rings. The first kappa shape index (κ1) is 8.91. The molecule has 5 heteroatoms. The smallest absolute Gasteiger partial charge is 0.150 e. The van der Waals surface area contributed by atoms with E-state index in [-0.39, 0.29) is 6.10 Å². The van der Waals surface area contributed by atoms with Crippen molar-refractivity contribution in [3.05, 3.63) is 18.1 Å². The number of β-amino-alcohol motifs (C(OH)–C–C–N with tert-alkyl or cyclic N) is 1. The predicted octanol–water partition coefficient (Wildman–Crippen LogP) is -0.0807. The summed E-state index contributed by atoms with van der Waals surface area (Å²) in [5, 5.41) is 18.2. The van der Waals surface area contributed by atoms with Gasteiger partial charge in [-0.05, 0) is 6.42 Å². The lowest BCUT2D eigenvalue weighted by Crippen LogP contribution is -2.23. The highest BCUT2D eigenvalue weighted by Crippen LogP contribution is 2.20. The fraction of sp³-hybridized carbons (Fsp3) is 0.444. The second kappa shape index (κ2) is 3.60. The summed E-state index contributed by atoms with van der Waals surface area (Å²) >= 11 is 0. The van der Waals surface area contributed by atoms with E-state index in [2.05, 4.69) is 9.97 Å². The summed E-state index contributed by atoms with van der Waals surface area (Å²) in [6.07, 6.45) is 3.33. The summed E-state index contributed by atoms with van der Waals surface area (Å²) < 4.78 is 0. The number of aliphatic hydroxyl groups excluding tert-OH is 1. The Hall–Kier alpha value is -1.67. The molecular formula is C9H10N4O. The zero-order valence-corrected chi connectivity index (χ0v) is 7.59. The van der Waals surface area contributed by atoms with Crippen molar-refractivity contribution in [1.29, 1.82) is 5.26 Å². The molecule has 72 valence electrons. The van der Waals surface area contributed by atoms with Gasteiger partial charge in [0.2, 0.25) is 0 Å². The van der Waals surface area contributed by atoms with Crippen molar-refractivity contribution in [3.63, 3.8) is 0 Å². The Morgan fingerprint density at radius 1 is 1.64 bits per heavy atom. The molecule has 0 amide bonds. The number of aromatic nitrogens is 2. The number of nitrogens with zero attached hydrogens (tertiary/aromatic N) is 4. The average Bonchev–Trinajstić information content (AvgIpc) is 2.65. The van der Waals surface area contributed by atoms with Crippen LogP contribution < -0.4 is 4.90 Å². The largest absolute Gasteiger partial charge is 0.391 e. The summed E-state index contributed by atoms with van der Waals surface area (Å²) in [4.78, 5) is 9.74. The molecule has 0 aromatic carbocycles. The van der Waals surface area contributed by atoms with Crippen LogP contribution in [0.2, 0.25) is 0 Å². The fourth-order valence-corrected chi connectivity index (χ4v) is 1.59. The fourth-order valence-electron chi connectivity index (χ4n) is 1.59. The molecule has 0 radical (unpaired) electrons. The summed E-state index contributed by atoms with van der Waals surface area (Å²) in [6, 6.07) is 2.04. The second-order valence-electron chi connectivity index (χ2n) is 3.26. The SMILES string of the molecule is N#Cc1cncnc1N1CC[C@H](O)C1. The van der Waals surface area contributed by atoms with E-state index in [9.17, 15) is 5.11 Å². The van der Waals surface area contributed by atoms with Gasteiger partial charge in [0.25, 0.3) is 0 Å². The van der Waals surface area contributed by atoms with Crippen LogP contribution in [0.25, 0.3) is 0 Å². The van der Waals surface area contributed by atoms with Crippen molar-refractivity contribution in [2.24, 2.45) is 0 Å². The highest BCUT2D eigenvalue weighted by atomic mass is 16.3. The first-order chi connectivity index (χ1) is 6.81. The number of hydrogen-bond donors (Lipinski definition) is 1. The average molecular weight is 190 g/mol. The van der Waals surface area contributed by atoms with Gasteiger partial charge in [0.15, 0.2) is 0 Å². The van der Waals surface area contributed by atoms with Crippen LogP contribution in [0, 0.1) is 11.3 Å². The highest BCUT2D eigenvalue weighted by molar-refractivity contribution is 5.52. The van der Waals surface area contributed by atoms with Crippen LogP contribution in [0.4, 0.5) is 5.82 Å². The Labute approximate surface area is 81.6 Å². The van der Waals surface area contributed by atoms with Crippen molar-refractivity contribution in [1.82, 2.24) is 9.97 Å². The maximum Gasteiger partial charge on any atom is 0.150 e. The minimum Gasteiger partial charge on any atom is -0.391 e. The number of aliphatic hydroxyl groups is 1. The molecule has 1 atom stereocenters. The molecule has 0 unspecified atom stereocenters. The zero-order valence-electron chi connectivity index (χ0n) is 7.59. The van der Waals surface area contributed by atoms with Crippen molar-refractivity contribution in [2.75, 3.05) is 18.0 Å². The maximum atomic E-state index is 9.36. The third-order valence-corrected chi connectivity index (χ3v) is 2.27. The maximum absolute atomic E-state index is 9.36. The Morgan fingerprint density at radius 2 is 2.50 bits per heavy atom. The lowest BCUT2D eigenvalue weighted by Gasteiger charge is -2.16. The van der Waals surface area contributed by atoms with E-state index >= 15 is 0 Å². The van der Waals surface area contributed by atoms with Crippen molar-refractivity contribution in [3.8, 4) is 6.07 Å². The van der Waals surface area contributed by atoms with Crippen LogP contribution in [0.15, 0.2) is 12.5 Å². The van der Waals surface area contributed by atoms with Gasteiger partial charge < -0.3 is 10.0 Å². The van der Waals surface area contributed by atoms with Gasteiger partial charge in [0, 0.05) is 13.1 Å². The Kier molecular flexibility index (Phi) is 2.29. The summed E-state index contributed by atoms with van der Waals surface area (Å²) in [5.41, 5.74) is 0.460. The first-order valence-corrected chi connectivity index (χ1v) is 4.44. The van der Waals surface area contributed by atoms with E-state index in [1.165, 1.54) is 12.5 Å². The molecule has 0 bridgehead atoms. The van der Waals surface area contributed by atoms with Gasteiger partial charge in [-0.15, -0.1) is 0 Å². The van der Waals surface area contributed by atoms with E-state index < -0.39 is 0 Å². The third kappa shape index (κ3) is 1.52. The van der Waals surface area contributed by atoms with E-state index in [1.807, 2.05) is 11.0 Å². The van der Waals surface area contributed by atoms with Crippen LogP contribution in [-0.2, 0) is 0 Å². The van der Waals surface area contributed by atoms with Crippen molar-refractivity contribution >= 4 is 5.82 Å². The molecule has 1 aliphatic heterocycles. The van der Waals surface area contributed by atoms with Crippen LogP contribution in [-0.4, -0.2) is 34.3 Å². The molecule has 0 spiro atoms. The Balaban J connectivity index is 2.28. The molecule has 1 aliphatic rings. The molecule has 1 N–H and O–H groups in total. The van der Waals surface area contributed by atoms with Crippen LogP contribution in [0.5, 0.6) is 0 Å². The molecule has 2 heterocycles. The normalized spacial score (nSPS) is 20.9. The van der Waals surface area contributed by atoms with E-state index in [0.717, 1.165) is 13.0 Å². The Morgan fingerprint density at radius 3 is 3.14 bits per heavy atom. The van der Waals surface area contributed by atoms with Crippen LogP contribution in [0.1, 0.15) is 12.0 Å². The third-order valence-electron chi connectivity index (χ3n) is 2.27. The quantitative estimate of drug-likeness (QED) is 0.670. The molecule has 0 aliphatic carbocycles. The molecule has 1 aromatic heterocycles. The van der Waals surface area contributed by atoms with Gasteiger partial charge in [-0.25, -0.2) is 9.97 Å². The number of anilines is 1. The van der Waals surface area contributed by atoms with Gasteiger partial charge in [-0.1, -0.05) is 0 Å². The molecule has 5 nitrogen and oxygen atoms in total. The van der Waals surface area contributed by atoms with Gasteiger partial charge in [0.05, 0.1) is 12.3 Å². The molecule has 2 rings (SSSR count). The minimum absolute atomic E-state index is 0.309. The molecular weight excluding hydrogens is 180 g/mol. The summed E-state index contributed by atoms with van der Waals surface area (Å²) in [6.45, 7) is 1.29. The van der Waals surface area contributed by atoms with Crippen LogP contribution >= 0.6 is 0 Å². The van der Waals surface area contributed by atoms with E-state index in [0.29, 0.717) is 17.9 Å². The van der Waals surface area contributed by atoms with Gasteiger partial charge in [0.1, 0.15) is 23.8 Å². The second-order valence-corrected chi connectivity index (χ2v) is 3.26. The lowest BCUT2D eigenvalue weighted by atomic mass is 10.3. The lowest BCUT2D eigenvalue weighted by molar-refractivity contribution is 0.198. The molecule has 0 saturated carbocycles. The van der Waals surface area contributed by atoms with Gasteiger partial charge in [-0.3, -0.25) is 0 Å². The molecule has 14 heavy (non-hydrogen) atoms. The minimum atomic E-state index is -0.309. The van der Waals surface area contributed by atoms with Crippen LogP contribution in [0.3, 0.4) is 0 Å². The number of hydrogen-bond acceptors (Lipinski definition) is 5. The van der Waals surface area contributed by atoms with Crippen molar-refractivity contribution in [2.45, 2.75) is 12.5 Å². The van der Waals surface area contributed by atoms with Gasteiger partial charge >= 0.3 is 0 Å². The molecule has 1 fully saturated rings. The monoisotopic (exact) mass is 190 g/mol. The summed E-state index contributed by atoms with van der Waals surface area (Å²) in [7, 11) is 0. The highest BCUT2D eigenvalue weighted by Gasteiger charge is 2.23. The van der Waals surface area contributed by atoms with Crippen molar-refractivity contribution < 1.29 is 5.11 Å². The topological polar surface area (TPSA) is 73.0 Å².